The van der Waals surface area contributed by atoms with Crippen LogP contribution in [0.25, 0.3) is 0 Å². The van der Waals surface area contributed by atoms with E-state index in [0.29, 0.717) is 0 Å². The number of likely N-dealkylation sites (tertiary alicyclic amines) is 1. The van der Waals surface area contributed by atoms with E-state index in [4.69, 9.17) is 9.47 Å². The lowest BCUT2D eigenvalue weighted by atomic mass is 10.1. The highest BCUT2D eigenvalue weighted by Crippen LogP contribution is 2.30. The van der Waals surface area contributed by atoms with Gasteiger partial charge in [-0.15, -0.1) is 0 Å². The standard InChI is InChI=1S/C11H19NO3/c1-11(2,3)15-10(13)12-6-4-9-8(12)5-7-14-9/h8-9H,4-7H2,1-3H3/t8-,9-/m1/s1. The summed E-state index contributed by atoms with van der Waals surface area (Å²) in [7, 11) is 0. The number of carbonyl (C=O) groups is 1. The third-order valence-corrected chi connectivity index (χ3v) is 2.86. The Morgan fingerprint density at radius 2 is 2.13 bits per heavy atom. The Bertz CT molecular complexity index is 259. The van der Waals surface area contributed by atoms with Gasteiger partial charge in [-0.2, -0.15) is 0 Å². The molecule has 4 heteroatoms. The summed E-state index contributed by atoms with van der Waals surface area (Å²) in [5.41, 5.74) is -0.408. The zero-order valence-electron chi connectivity index (χ0n) is 9.66. The molecule has 1 amide bonds. The first-order chi connectivity index (χ1) is 6.97. The number of hydrogen-bond acceptors (Lipinski definition) is 3. The van der Waals surface area contributed by atoms with Gasteiger partial charge in [0.2, 0.25) is 0 Å². The molecule has 2 heterocycles. The van der Waals surface area contributed by atoms with Crippen molar-refractivity contribution in [3.05, 3.63) is 0 Å². The fourth-order valence-corrected chi connectivity index (χ4v) is 2.25. The average Bonchev–Trinajstić information content (AvgIpc) is 2.57. The van der Waals surface area contributed by atoms with Crippen LogP contribution >= 0.6 is 0 Å². The van der Waals surface area contributed by atoms with E-state index in [0.717, 1.165) is 26.0 Å². The summed E-state index contributed by atoms with van der Waals surface area (Å²) in [6.07, 6.45) is 1.95. The molecule has 0 spiro atoms. The third kappa shape index (κ3) is 2.25. The van der Waals surface area contributed by atoms with Crippen molar-refractivity contribution in [1.82, 2.24) is 4.90 Å². The van der Waals surface area contributed by atoms with Crippen LogP contribution in [0.5, 0.6) is 0 Å². The highest BCUT2D eigenvalue weighted by atomic mass is 16.6. The minimum absolute atomic E-state index is 0.194. The quantitative estimate of drug-likeness (QED) is 0.615. The molecule has 4 nitrogen and oxygen atoms in total. The number of amides is 1. The number of ether oxygens (including phenoxy) is 2. The van der Waals surface area contributed by atoms with Gasteiger partial charge in [0.1, 0.15) is 5.60 Å². The van der Waals surface area contributed by atoms with E-state index < -0.39 is 5.60 Å². The number of fused-ring (bicyclic) bond motifs is 1. The molecule has 0 radical (unpaired) electrons. The summed E-state index contributed by atoms with van der Waals surface area (Å²) in [6, 6.07) is 0.250. The molecule has 2 atom stereocenters. The Kier molecular flexibility index (Phi) is 2.63. The smallest absolute Gasteiger partial charge is 0.410 e. The Labute approximate surface area is 90.5 Å². The maximum absolute atomic E-state index is 11.9. The van der Waals surface area contributed by atoms with E-state index in [1.165, 1.54) is 0 Å². The molecule has 0 aromatic carbocycles. The van der Waals surface area contributed by atoms with Crippen LogP contribution in [-0.2, 0) is 9.47 Å². The van der Waals surface area contributed by atoms with Crippen molar-refractivity contribution in [2.24, 2.45) is 0 Å². The number of carbonyl (C=O) groups excluding carboxylic acids is 1. The van der Waals surface area contributed by atoms with Crippen LogP contribution in [0.2, 0.25) is 0 Å². The third-order valence-electron chi connectivity index (χ3n) is 2.86. The summed E-state index contributed by atoms with van der Waals surface area (Å²) >= 11 is 0. The molecule has 86 valence electrons. The van der Waals surface area contributed by atoms with Crippen molar-refractivity contribution in [3.8, 4) is 0 Å². The Morgan fingerprint density at radius 3 is 2.80 bits per heavy atom. The maximum atomic E-state index is 11.9. The van der Waals surface area contributed by atoms with Crippen LogP contribution in [0.15, 0.2) is 0 Å². The maximum Gasteiger partial charge on any atom is 0.410 e. The van der Waals surface area contributed by atoms with Gasteiger partial charge < -0.3 is 14.4 Å². The Hall–Kier alpha value is -0.770. The van der Waals surface area contributed by atoms with Crippen LogP contribution in [-0.4, -0.2) is 41.9 Å². The van der Waals surface area contributed by atoms with Gasteiger partial charge in [0.25, 0.3) is 0 Å². The Balaban J connectivity index is 1.96. The highest BCUT2D eigenvalue weighted by molar-refractivity contribution is 5.69. The molecule has 2 aliphatic rings. The van der Waals surface area contributed by atoms with Crippen molar-refractivity contribution < 1.29 is 14.3 Å². The molecule has 2 rings (SSSR count). The van der Waals surface area contributed by atoms with Crippen molar-refractivity contribution in [3.63, 3.8) is 0 Å². The molecule has 0 aromatic heterocycles. The molecule has 0 N–H and O–H groups in total. The van der Waals surface area contributed by atoms with Gasteiger partial charge in [0, 0.05) is 13.2 Å². The first kappa shape index (κ1) is 10.7. The molecule has 0 saturated carbocycles. The van der Waals surface area contributed by atoms with Crippen LogP contribution in [0, 0.1) is 0 Å². The summed E-state index contributed by atoms with van der Waals surface area (Å²) in [6.45, 7) is 7.22. The van der Waals surface area contributed by atoms with Crippen LogP contribution in [0.4, 0.5) is 4.79 Å². The van der Waals surface area contributed by atoms with Crippen molar-refractivity contribution >= 4 is 6.09 Å². The number of nitrogens with zero attached hydrogens (tertiary/aromatic N) is 1. The van der Waals surface area contributed by atoms with Gasteiger partial charge in [0.05, 0.1) is 12.1 Å². The predicted molar refractivity (Wildman–Crippen MR) is 55.7 cm³/mol. The summed E-state index contributed by atoms with van der Waals surface area (Å²) in [4.78, 5) is 13.7. The monoisotopic (exact) mass is 213 g/mol. The lowest BCUT2D eigenvalue weighted by Crippen LogP contribution is -2.41. The van der Waals surface area contributed by atoms with E-state index in [1.807, 2.05) is 25.7 Å². The minimum Gasteiger partial charge on any atom is -0.444 e. The van der Waals surface area contributed by atoms with E-state index in [2.05, 4.69) is 0 Å². The van der Waals surface area contributed by atoms with Crippen LogP contribution in [0.3, 0.4) is 0 Å². The second-order valence-corrected chi connectivity index (χ2v) is 5.23. The molecule has 15 heavy (non-hydrogen) atoms. The molecular weight excluding hydrogens is 194 g/mol. The van der Waals surface area contributed by atoms with E-state index in [9.17, 15) is 4.79 Å². The van der Waals surface area contributed by atoms with Crippen molar-refractivity contribution in [1.29, 1.82) is 0 Å². The van der Waals surface area contributed by atoms with Gasteiger partial charge >= 0.3 is 6.09 Å². The lowest BCUT2D eigenvalue weighted by Gasteiger charge is -2.27. The second-order valence-electron chi connectivity index (χ2n) is 5.23. The predicted octanol–water partition coefficient (Wildman–Crippen LogP) is 1.78. The fourth-order valence-electron chi connectivity index (χ4n) is 2.25. The van der Waals surface area contributed by atoms with Gasteiger partial charge in [-0.3, -0.25) is 0 Å². The lowest BCUT2D eigenvalue weighted by molar-refractivity contribution is 0.0208. The average molecular weight is 213 g/mol. The van der Waals surface area contributed by atoms with Gasteiger partial charge in [-0.1, -0.05) is 0 Å². The summed E-state index contributed by atoms with van der Waals surface area (Å²) in [5.74, 6) is 0. The second kappa shape index (κ2) is 3.67. The van der Waals surface area contributed by atoms with E-state index in [-0.39, 0.29) is 18.2 Å². The first-order valence-electron chi connectivity index (χ1n) is 5.58. The zero-order chi connectivity index (χ0) is 11.1. The SMILES string of the molecule is CC(C)(C)OC(=O)N1CC[C@H]2OCC[C@H]21. The van der Waals surface area contributed by atoms with Crippen molar-refractivity contribution in [2.75, 3.05) is 13.2 Å². The van der Waals surface area contributed by atoms with E-state index >= 15 is 0 Å². The van der Waals surface area contributed by atoms with Gasteiger partial charge in [-0.25, -0.2) is 4.79 Å². The topological polar surface area (TPSA) is 38.8 Å². The molecule has 2 fully saturated rings. The molecule has 0 unspecified atom stereocenters. The minimum atomic E-state index is -0.408. The molecular formula is C11H19NO3. The molecule has 2 saturated heterocycles. The highest BCUT2D eigenvalue weighted by Gasteiger charge is 2.42. The fraction of sp³-hybridized carbons (Fsp3) is 0.909. The van der Waals surface area contributed by atoms with E-state index in [1.54, 1.807) is 0 Å². The number of rotatable bonds is 0. The van der Waals surface area contributed by atoms with Gasteiger partial charge in [0.15, 0.2) is 0 Å². The molecule has 0 aliphatic carbocycles. The Morgan fingerprint density at radius 1 is 1.40 bits per heavy atom. The zero-order valence-corrected chi connectivity index (χ0v) is 9.66. The molecule has 2 aliphatic heterocycles. The summed E-state index contributed by atoms with van der Waals surface area (Å²) in [5, 5.41) is 0. The molecule has 0 aromatic rings. The largest absolute Gasteiger partial charge is 0.444 e. The normalized spacial score (nSPS) is 30.5. The molecule has 0 bridgehead atoms. The first-order valence-corrected chi connectivity index (χ1v) is 5.58. The van der Waals surface area contributed by atoms with Crippen molar-refractivity contribution in [2.45, 2.75) is 51.4 Å². The van der Waals surface area contributed by atoms with Crippen LogP contribution in [0.1, 0.15) is 33.6 Å². The summed E-state index contributed by atoms with van der Waals surface area (Å²) < 4.78 is 10.9. The van der Waals surface area contributed by atoms with Crippen LogP contribution < -0.4 is 0 Å². The number of hydrogen-bond donors (Lipinski definition) is 0. The van der Waals surface area contributed by atoms with Gasteiger partial charge in [-0.05, 0) is 33.6 Å².